The van der Waals surface area contributed by atoms with Crippen LogP contribution in [0.1, 0.15) is 233 Å². The number of imidazole rings is 3. The molecule has 1 aliphatic carbocycles. The summed E-state index contributed by atoms with van der Waals surface area (Å²) in [5, 5.41) is 0. The Balaban J connectivity index is 1.18. The maximum Gasteiger partial charge on any atom is 0.230 e. The fraction of sp³-hybridized carbons (Fsp3) is 0.529. The highest BCUT2D eigenvalue weighted by Crippen LogP contribution is 2.58. The summed E-state index contributed by atoms with van der Waals surface area (Å²) in [6.45, 7) is 10.2. The van der Waals surface area contributed by atoms with Crippen LogP contribution in [-0.2, 0) is 75.0 Å². The molecule has 0 amide bonds. The molecule has 7 heterocycles. The molecular weight excluding hydrogens is 1100 g/mol. The molecule has 17 nitrogen and oxygen atoms in total. The SMILES string of the molecule is CCCCCC1c2cc3c4cc2OCOc2c1cc1c(c2COCc2nccn2C)OCOc2c(cc5c(c2COCc2nccn2C)OCOc2c(cc(c(c2COCc2nccn2C)OCO4)C3CCCCC)C5CCCCC)C1CCCCC. The van der Waals surface area contributed by atoms with Crippen molar-refractivity contribution in [3.63, 3.8) is 0 Å². The summed E-state index contributed by atoms with van der Waals surface area (Å²) in [5.74, 6) is 7.41. The van der Waals surface area contributed by atoms with Gasteiger partial charge in [0.1, 0.15) is 83.3 Å². The van der Waals surface area contributed by atoms with Crippen molar-refractivity contribution < 1.29 is 52.1 Å². The Morgan fingerprint density at radius 1 is 0.345 bits per heavy atom. The van der Waals surface area contributed by atoms with E-state index >= 15 is 0 Å². The van der Waals surface area contributed by atoms with Gasteiger partial charge in [-0.3, -0.25) is 0 Å². The summed E-state index contributed by atoms with van der Waals surface area (Å²) in [7, 11) is 5.98. The van der Waals surface area contributed by atoms with Gasteiger partial charge in [0.25, 0.3) is 0 Å². The number of benzene rings is 4. The Morgan fingerprint density at radius 2 is 0.609 bits per heavy atom. The van der Waals surface area contributed by atoms with Crippen LogP contribution in [0.3, 0.4) is 0 Å². The zero-order valence-electron chi connectivity index (χ0n) is 52.2. The third-order valence-corrected chi connectivity index (χ3v) is 18.5. The average molecular weight is 1190 g/mol. The van der Waals surface area contributed by atoms with Crippen molar-refractivity contribution in [3.05, 3.63) is 146 Å². The first-order chi connectivity index (χ1) is 42.8. The molecule has 5 aliphatic rings. The Hall–Kier alpha value is -7.21. The number of nitrogens with zero attached hydrogens (tertiary/aromatic N) is 6. The van der Waals surface area contributed by atoms with Crippen LogP contribution in [0.4, 0.5) is 0 Å². The molecule has 4 atom stereocenters. The van der Waals surface area contributed by atoms with E-state index in [1.807, 2.05) is 53.4 Å². The lowest BCUT2D eigenvalue weighted by atomic mass is 9.74. The number of ether oxygens (including phenoxy) is 11. The molecule has 464 valence electrons. The van der Waals surface area contributed by atoms with Gasteiger partial charge < -0.3 is 65.8 Å². The number of hydrogen-bond acceptors (Lipinski definition) is 14. The van der Waals surface area contributed by atoms with Crippen LogP contribution < -0.4 is 37.9 Å². The molecule has 0 spiro atoms. The first-order valence-electron chi connectivity index (χ1n) is 32.2. The van der Waals surface area contributed by atoms with Crippen molar-refractivity contribution in [1.29, 1.82) is 0 Å². The van der Waals surface area contributed by atoms with Crippen LogP contribution in [0.15, 0.2) is 67.5 Å². The smallest absolute Gasteiger partial charge is 0.230 e. The topological polar surface area (TPSA) is 155 Å². The van der Waals surface area contributed by atoms with E-state index in [1.54, 1.807) is 18.6 Å². The number of aromatic nitrogens is 6. The predicted octanol–water partition coefficient (Wildman–Crippen LogP) is 15.1. The highest BCUT2D eigenvalue weighted by molar-refractivity contribution is 5.68. The summed E-state index contributed by atoms with van der Waals surface area (Å²) in [6.07, 6.45) is 26.9. The maximum atomic E-state index is 7.18. The van der Waals surface area contributed by atoms with Crippen molar-refractivity contribution in [2.75, 3.05) is 27.2 Å². The van der Waals surface area contributed by atoms with Crippen molar-refractivity contribution in [3.8, 4) is 46.0 Å². The Labute approximate surface area is 512 Å². The minimum absolute atomic E-state index is 0.0505. The third kappa shape index (κ3) is 12.5. The normalized spacial score (nSPS) is 17.7. The summed E-state index contributed by atoms with van der Waals surface area (Å²) >= 11 is 0. The van der Waals surface area contributed by atoms with Gasteiger partial charge >= 0.3 is 0 Å². The third-order valence-electron chi connectivity index (χ3n) is 18.5. The predicted molar refractivity (Wildman–Crippen MR) is 329 cm³/mol. The molecular formula is C70H88N6O11. The minimum atomic E-state index is -0.219. The molecule has 4 aromatic carbocycles. The van der Waals surface area contributed by atoms with Gasteiger partial charge in [-0.15, -0.1) is 0 Å². The van der Waals surface area contributed by atoms with Crippen LogP contribution in [0, 0.1) is 0 Å². The highest BCUT2D eigenvalue weighted by atomic mass is 16.7. The molecule has 0 saturated heterocycles. The maximum absolute atomic E-state index is 7.18. The van der Waals surface area contributed by atoms with Crippen molar-refractivity contribution in [1.82, 2.24) is 28.7 Å². The van der Waals surface area contributed by atoms with Gasteiger partial charge in [-0.05, 0) is 49.9 Å². The molecule has 0 radical (unpaired) electrons. The lowest BCUT2D eigenvalue weighted by Crippen LogP contribution is -2.25. The number of rotatable bonds is 28. The second-order valence-electron chi connectivity index (χ2n) is 24.2. The molecule has 0 fully saturated rings. The summed E-state index contributed by atoms with van der Waals surface area (Å²) in [4.78, 5) is 14.0. The summed E-state index contributed by atoms with van der Waals surface area (Å²) < 4.78 is 83.1. The van der Waals surface area contributed by atoms with E-state index in [-0.39, 0.29) is 90.5 Å². The van der Waals surface area contributed by atoms with Crippen LogP contribution in [0.2, 0.25) is 0 Å². The Morgan fingerprint density at radius 3 is 0.874 bits per heavy atom. The van der Waals surface area contributed by atoms with Crippen LogP contribution >= 0.6 is 0 Å². The fourth-order valence-electron chi connectivity index (χ4n) is 13.9. The zero-order valence-corrected chi connectivity index (χ0v) is 52.2. The van der Waals surface area contributed by atoms with E-state index in [0.717, 1.165) is 204 Å². The number of hydrogen-bond donors (Lipinski definition) is 0. The summed E-state index contributed by atoms with van der Waals surface area (Å²) in [6, 6.07) is 11.8. The van der Waals surface area contributed by atoms with Gasteiger partial charge in [0.05, 0.1) is 36.5 Å². The van der Waals surface area contributed by atoms with Crippen molar-refractivity contribution >= 4 is 0 Å². The Bertz CT molecular complexity index is 3300. The highest BCUT2D eigenvalue weighted by Gasteiger charge is 2.41. The lowest BCUT2D eigenvalue weighted by molar-refractivity contribution is 0.0671. The summed E-state index contributed by atoms with van der Waals surface area (Å²) in [5.41, 5.74) is 11.1. The van der Waals surface area contributed by atoms with Crippen molar-refractivity contribution in [2.24, 2.45) is 21.1 Å². The number of aryl methyl sites for hydroxylation is 3. The van der Waals surface area contributed by atoms with Gasteiger partial charge in [-0.25, -0.2) is 15.0 Å². The monoisotopic (exact) mass is 1190 g/mol. The lowest BCUT2D eigenvalue weighted by Gasteiger charge is -2.37. The van der Waals surface area contributed by atoms with Crippen LogP contribution in [-0.4, -0.2) is 55.8 Å². The molecule has 12 rings (SSSR count). The average Bonchev–Trinajstić information content (AvgIpc) is 1.30. The second-order valence-corrected chi connectivity index (χ2v) is 24.2. The van der Waals surface area contributed by atoms with E-state index in [4.69, 9.17) is 52.1 Å². The molecule has 17 heteroatoms. The van der Waals surface area contributed by atoms with E-state index in [9.17, 15) is 0 Å². The quantitative estimate of drug-likeness (QED) is 0.0427. The van der Waals surface area contributed by atoms with Crippen molar-refractivity contribution in [2.45, 2.75) is 194 Å². The molecule has 0 saturated carbocycles. The van der Waals surface area contributed by atoms with Crippen LogP contribution in [0.25, 0.3) is 0 Å². The van der Waals surface area contributed by atoms with Gasteiger partial charge in [0.2, 0.25) is 27.2 Å². The van der Waals surface area contributed by atoms with Gasteiger partial charge in [0.15, 0.2) is 0 Å². The molecule has 0 N–H and O–H groups in total. The first kappa shape index (κ1) is 60.1. The zero-order chi connectivity index (χ0) is 59.8. The molecule has 4 unspecified atom stereocenters. The number of unbranched alkanes of at least 4 members (excludes halogenated alkanes) is 8. The van der Waals surface area contributed by atoms with E-state index in [2.05, 4.69) is 73.0 Å². The molecule has 7 aromatic rings. The van der Waals surface area contributed by atoms with Crippen LogP contribution in [0.5, 0.6) is 46.0 Å². The largest absolute Gasteiger partial charge is 0.457 e. The molecule has 3 aromatic heterocycles. The van der Waals surface area contributed by atoms with Gasteiger partial charge in [-0.1, -0.05) is 105 Å². The molecule has 4 aliphatic heterocycles. The standard InChI is InChI=1S/C70H88N6O11/c1-8-12-16-20-45-49-30-50-46(21-17-13-9-2)52-32-54-48(23-19-15-11-4)56-33-55-47(22-18-14-10-3)53-31-51(45)65-57(35-77-38-62-71-24-27-74(62)5)67(53)84-43-86-69(55)59(37-79-40-64-73-26-29-76(64)7)70(56)87-44-85-68(54)58(36-78-39-63-72-25-28-75(63)6)66(52)83-42-81-61(50)34-60(49)80-41-82-65/h24-34,45-48H,8-23,35-44H2,1-7H3. The minimum Gasteiger partial charge on any atom is -0.457 e. The Kier molecular flexibility index (Phi) is 19.3. The van der Waals surface area contributed by atoms with Gasteiger partial charge in [0, 0.05) is 133 Å². The van der Waals surface area contributed by atoms with E-state index < -0.39 is 0 Å². The van der Waals surface area contributed by atoms with E-state index in [1.165, 1.54) is 0 Å². The molecule has 87 heavy (non-hydrogen) atoms. The van der Waals surface area contributed by atoms with E-state index in [0.29, 0.717) is 23.0 Å². The first-order valence-corrected chi connectivity index (χ1v) is 32.2. The second kappa shape index (κ2) is 27.9. The van der Waals surface area contributed by atoms with Gasteiger partial charge in [-0.2, -0.15) is 0 Å². The fourth-order valence-corrected chi connectivity index (χ4v) is 13.9. The molecule has 8 bridgehead atoms.